The molecule has 5 atom stereocenters. The Kier molecular flexibility index (Phi) is 12.2. The first-order chi connectivity index (χ1) is 24.9. The molecule has 16 nitrogen and oxygen atoms in total. The number of ether oxygens (including phenoxy) is 2. The normalized spacial score (nSPS) is 20.2. The molecule has 0 aromatic heterocycles. The molecule has 0 heterocycles. The Morgan fingerprint density at radius 1 is 0.811 bits per heavy atom. The topological polar surface area (TPSA) is 289 Å². The second kappa shape index (κ2) is 16.6. The van der Waals surface area contributed by atoms with Crippen LogP contribution >= 0.6 is 0 Å². The SMILES string of the molecule is CC1C=C(O)C(O)=CC1CC(OC(=O)/C=C/C1=CCC(O)C(O)=C1/C(=C\c1ccc(O)c(O)c1)C(=O)OC(Cc1ccc(O)c(O)c1)C(=O)O)C(=O)O. The molecule has 4 rings (SSSR count). The summed E-state index contributed by atoms with van der Waals surface area (Å²) >= 11 is 0. The van der Waals surface area contributed by atoms with Gasteiger partial charge in [-0.25, -0.2) is 19.2 Å². The van der Waals surface area contributed by atoms with E-state index in [4.69, 9.17) is 9.47 Å². The van der Waals surface area contributed by atoms with Crippen LogP contribution in [0.15, 0.2) is 101 Å². The quantitative estimate of drug-likeness (QED) is 0.0796. The van der Waals surface area contributed by atoms with Crippen LogP contribution < -0.4 is 0 Å². The van der Waals surface area contributed by atoms with Crippen LogP contribution in [0, 0.1) is 11.8 Å². The number of phenols is 4. The highest BCUT2D eigenvalue weighted by molar-refractivity contribution is 6.02. The van der Waals surface area contributed by atoms with Crippen molar-refractivity contribution in [3.05, 3.63) is 112 Å². The molecule has 2 aliphatic carbocycles. The zero-order valence-corrected chi connectivity index (χ0v) is 27.9. The van der Waals surface area contributed by atoms with Crippen molar-refractivity contribution in [1.82, 2.24) is 0 Å². The summed E-state index contributed by atoms with van der Waals surface area (Å²) in [4.78, 5) is 50.9. The first-order valence-corrected chi connectivity index (χ1v) is 15.9. The molecule has 0 fully saturated rings. The second-order valence-electron chi connectivity index (χ2n) is 12.2. The number of esters is 2. The summed E-state index contributed by atoms with van der Waals surface area (Å²) in [5, 5.41) is 100. The largest absolute Gasteiger partial charge is 0.509 e. The molecule has 280 valence electrons. The number of phenolic OH excluding ortho intramolecular Hbond substituents is 4. The Balaban J connectivity index is 1.67. The van der Waals surface area contributed by atoms with Crippen LogP contribution in [0.3, 0.4) is 0 Å². The monoisotopic (exact) mass is 736 g/mol. The molecule has 2 aliphatic rings. The number of aliphatic hydroxyl groups excluding tert-OH is 4. The van der Waals surface area contributed by atoms with Crippen LogP contribution in [0.1, 0.15) is 30.9 Å². The number of carboxylic acid groups (broad SMARTS) is 2. The molecule has 0 bridgehead atoms. The van der Waals surface area contributed by atoms with E-state index in [1.54, 1.807) is 6.92 Å². The second-order valence-corrected chi connectivity index (χ2v) is 12.2. The van der Waals surface area contributed by atoms with Gasteiger partial charge in [-0.05, 0) is 83.5 Å². The van der Waals surface area contributed by atoms with Gasteiger partial charge in [-0.1, -0.05) is 25.1 Å². The molecular formula is C37H36O16. The molecule has 53 heavy (non-hydrogen) atoms. The van der Waals surface area contributed by atoms with Gasteiger partial charge in [0.25, 0.3) is 0 Å². The minimum absolute atomic E-state index is 0.0233. The standard InChI is InChI=1S/C37H36O16/c1-17-10-26(41)29(44)15-21(17)16-31(36(49)50)52-32(45)9-5-20-4-8-25(40)34(46)33(20)22(11-18-2-6-23(38)27(42)12-18)37(51)53-30(35(47)48)14-19-3-7-24(39)28(43)13-19/h2-7,9-13,15,17,21,25,30-31,38-44,46H,8,14,16H2,1H3,(H,47,48)(H,49,50)/b9-5+,22-11+. The van der Waals surface area contributed by atoms with Crippen molar-refractivity contribution in [2.75, 3.05) is 0 Å². The van der Waals surface area contributed by atoms with E-state index in [-0.39, 0.29) is 35.3 Å². The number of aliphatic hydroxyl groups is 4. The van der Waals surface area contributed by atoms with Crippen molar-refractivity contribution < 1.29 is 79.7 Å². The average molecular weight is 737 g/mol. The molecule has 5 unspecified atom stereocenters. The molecule has 2 aromatic carbocycles. The van der Waals surface area contributed by atoms with E-state index in [2.05, 4.69) is 0 Å². The van der Waals surface area contributed by atoms with Crippen LogP contribution in [0.2, 0.25) is 0 Å². The maximum Gasteiger partial charge on any atom is 0.345 e. The Bertz CT molecular complexity index is 1980. The Hall–Kier alpha value is -6.68. The highest BCUT2D eigenvalue weighted by Gasteiger charge is 2.33. The van der Waals surface area contributed by atoms with E-state index < -0.39 is 106 Å². The molecule has 0 spiro atoms. The summed E-state index contributed by atoms with van der Waals surface area (Å²) in [6.07, 6.45) is 0.489. The third-order valence-electron chi connectivity index (χ3n) is 8.36. The third-order valence-corrected chi connectivity index (χ3v) is 8.36. The zero-order chi connectivity index (χ0) is 39.1. The minimum atomic E-state index is -1.91. The number of aliphatic carboxylic acids is 2. The fraction of sp³-hybridized carbons (Fsp3) is 0.243. The van der Waals surface area contributed by atoms with Crippen molar-refractivity contribution in [2.24, 2.45) is 11.8 Å². The lowest BCUT2D eigenvalue weighted by molar-refractivity contribution is -0.161. The number of carbonyl (C=O) groups is 4. The summed E-state index contributed by atoms with van der Waals surface area (Å²) in [5.41, 5.74) is -0.975. The molecule has 0 aliphatic heterocycles. The fourth-order valence-corrected chi connectivity index (χ4v) is 5.49. The predicted octanol–water partition coefficient (Wildman–Crippen LogP) is 3.73. The van der Waals surface area contributed by atoms with Gasteiger partial charge < -0.3 is 60.5 Å². The maximum absolute atomic E-state index is 13.8. The lowest BCUT2D eigenvalue weighted by Crippen LogP contribution is -2.31. The van der Waals surface area contributed by atoms with Gasteiger partial charge in [0, 0.05) is 24.5 Å². The van der Waals surface area contributed by atoms with Crippen molar-refractivity contribution >= 4 is 30.0 Å². The summed E-state index contributed by atoms with van der Waals surface area (Å²) in [5.74, 6) is -10.6. The predicted molar refractivity (Wildman–Crippen MR) is 182 cm³/mol. The summed E-state index contributed by atoms with van der Waals surface area (Å²) in [7, 11) is 0. The molecule has 16 heteroatoms. The fourth-order valence-electron chi connectivity index (χ4n) is 5.49. The van der Waals surface area contributed by atoms with E-state index in [0.29, 0.717) is 0 Å². The number of benzene rings is 2. The smallest absolute Gasteiger partial charge is 0.345 e. The number of rotatable bonds is 13. The Morgan fingerprint density at radius 2 is 1.43 bits per heavy atom. The van der Waals surface area contributed by atoms with E-state index in [1.807, 2.05) is 0 Å². The zero-order valence-electron chi connectivity index (χ0n) is 27.9. The highest BCUT2D eigenvalue weighted by atomic mass is 16.6. The third kappa shape index (κ3) is 9.77. The summed E-state index contributed by atoms with van der Waals surface area (Å²) < 4.78 is 10.5. The van der Waals surface area contributed by atoms with Crippen molar-refractivity contribution in [1.29, 1.82) is 0 Å². The Labute approximate surface area is 300 Å². The minimum Gasteiger partial charge on any atom is -0.509 e. The van der Waals surface area contributed by atoms with Crippen LogP contribution in [-0.4, -0.2) is 93.3 Å². The van der Waals surface area contributed by atoms with E-state index >= 15 is 0 Å². The molecule has 0 amide bonds. The van der Waals surface area contributed by atoms with Crippen LogP contribution in [0.4, 0.5) is 0 Å². The van der Waals surface area contributed by atoms with Crippen molar-refractivity contribution in [2.45, 2.75) is 44.5 Å². The summed E-state index contributed by atoms with van der Waals surface area (Å²) in [6, 6.07) is 6.76. The summed E-state index contributed by atoms with van der Waals surface area (Å²) in [6.45, 7) is 1.65. The van der Waals surface area contributed by atoms with Crippen LogP contribution in [0.25, 0.3) is 6.08 Å². The lowest BCUT2D eigenvalue weighted by atomic mass is 9.84. The van der Waals surface area contributed by atoms with E-state index in [0.717, 1.165) is 42.5 Å². The highest BCUT2D eigenvalue weighted by Crippen LogP contribution is 2.35. The molecule has 0 saturated carbocycles. The van der Waals surface area contributed by atoms with Crippen molar-refractivity contribution in [3.63, 3.8) is 0 Å². The van der Waals surface area contributed by atoms with Gasteiger partial charge in [0.05, 0.1) is 5.57 Å². The molecule has 0 radical (unpaired) electrons. The molecule has 0 saturated heterocycles. The van der Waals surface area contributed by atoms with E-state index in [9.17, 15) is 70.2 Å². The van der Waals surface area contributed by atoms with Crippen molar-refractivity contribution in [3.8, 4) is 23.0 Å². The van der Waals surface area contributed by atoms with Gasteiger partial charge >= 0.3 is 23.9 Å². The number of hydrogen-bond acceptors (Lipinski definition) is 14. The number of carbonyl (C=O) groups excluding carboxylic acids is 2. The first-order valence-electron chi connectivity index (χ1n) is 15.9. The number of aromatic hydroxyl groups is 4. The van der Waals surface area contributed by atoms with Gasteiger partial charge in [0.2, 0.25) is 6.10 Å². The lowest BCUT2D eigenvalue weighted by Gasteiger charge is -2.25. The van der Waals surface area contributed by atoms with E-state index in [1.165, 1.54) is 30.4 Å². The van der Waals surface area contributed by atoms with Crippen LogP contribution in [0.5, 0.6) is 23.0 Å². The molecule has 10 N–H and O–H groups in total. The maximum atomic E-state index is 13.8. The van der Waals surface area contributed by atoms with Crippen LogP contribution in [-0.2, 0) is 35.1 Å². The first kappa shape index (κ1) is 39.1. The van der Waals surface area contributed by atoms with Gasteiger partial charge in [-0.15, -0.1) is 0 Å². The van der Waals surface area contributed by atoms with Gasteiger partial charge in [-0.2, -0.15) is 0 Å². The molecular weight excluding hydrogens is 700 g/mol. The van der Waals surface area contributed by atoms with Gasteiger partial charge in [-0.3, -0.25) is 0 Å². The Morgan fingerprint density at radius 3 is 2.06 bits per heavy atom. The molecule has 2 aromatic rings. The number of carboxylic acids is 2. The number of allylic oxidation sites excluding steroid dienone is 4. The van der Waals surface area contributed by atoms with Gasteiger partial charge in [0.1, 0.15) is 11.9 Å². The van der Waals surface area contributed by atoms with Gasteiger partial charge in [0.15, 0.2) is 40.6 Å². The number of hydrogen-bond donors (Lipinski definition) is 10. The average Bonchev–Trinajstić information content (AvgIpc) is 3.09.